The van der Waals surface area contributed by atoms with Gasteiger partial charge in [-0.15, -0.1) is 0 Å². The van der Waals surface area contributed by atoms with Crippen LogP contribution in [-0.4, -0.2) is 23.8 Å². The van der Waals surface area contributed by atoms with Gasteiger partial charge in [0.25, 0.3) is 0 Å². The number of hydrogen-bond donors (Lipinski definition) is 0. The maximum atomic E-state index is 12.4. The zero-order valence-corrected chi connectivity index (χ0v) is 17.2. The second kappa shape index (κ2) is 11.5. The summed E-state index contributed by atoms with van der Waals surface area (Å²) in [6, 6.07) is 17.9. The molecule has 0 atom stereocenters. The van der Waals surface area contributed by atoms with Crippen molar-refractivity contribution in [3.05, 3.63) is 84.2 Å². The van der Waals surface area contributed by atoms with Crippen LogP contribution in [0.4, 0.5) is 5.69 Å². The molecule has 5 heteroatoms. The number of nitrogens with zero attached hydrogens (tertiary/aromatic N) is 2. The standard InChI is InChI=1S/C25H26N2O3/c1-2-3-4-5-17-29-23-14-10-21(11-15-23)25(28)30-24-12-8-20(9-13-24)18-27-22-7-6-16-26-19-22/h6-16,18-19H,2-5,17H2,1H3. The van der Waals surface area contributed by atoms with Crippen molar-refractivity contribution in [2.24, 2.45) is 4.99 Å². The molecule has 3 aromatic rings. The molecule has 0 aliphatic heterocycles. The zero-order valence-electron chi connectivity index (χ0n) is 17.2. The van der Waals surface area contributed by atoms with E-state index in [2.05, 4.69) is 16.9 Å². The molecule has 30 heavy (non-hydrogen) atoms. The predicted octanol–water partition coefficient (Wildman–Crippen LogP) is 6.01. The van der Waals surface area contributed by atoms with Crippen LogP contribution in [0.1, 0.15) is 48.5 Å². The molecule has 0 spiro atoms. The first-order valence-corrected chi connectivity index (χ1v) is 10.2. The number of hydrogen-bond acceptors (Lipinski definition) is 5. The van der Waals surface area contributed by atoms with Crippen LogP contribution in [0.2, 0.25) is 0 Å². The first-order valence-electron chi connectivity index (χ1n) is 10.2. The second-order valence-corrected chi connectivity index (χ2v) is 6.86. The van der Waals surface area contributed by atoms with Crippen molar-refractivity contribution in [1.29, 1.82) is 0 Å². The minimum absolute atomic E-state index is 0.402. The van der Waals surface area contributed by atoms with Gasteiger partial charge < -0.3 is 9.47 Å². The lowest BCUT2D eigenvalue weighted by Crippen LogP contribution is -2.08. The van der Waals surface area contributed by atoms with Crippen molar-refractivity contribution in [2.75, 3.05) is 6.61 Å². The summed E-state index contributed by atoms with van der Waals surface area (Å²) in [5.41, 5.74) is 2.16. The summed E-state index contributed by atoms with van der Waals surface area (Å²) in [6.45, 7) is 2.88. The third-order valence-electron chi connectivity index (χ3n) is 4.46. The number of aliphatic imine (C=N–C) groups is 1. The molecule has 1 aromatic heterocycles. The molecule has 1 heterocycles. The molecule has 154 valence electrons. The fourth-order valence-corrected chi connectivity index (χ4v) is 2.77. The normalized spacial score (nSPS) is 10.8. The Labute approximate surface area is 177 Å². The fourth-order valence-electron chi connectivity index (χ4n) is 2.77. The summed E-state index contributed by atoms with van der Waals surface area (Å²) in [6.07, 6.45) is 9.79. The Balaban J connectivity index is 1.50. The lowest BCUT2D eigenvalue weighted by molar-refractivity contribution is 0.0734. The van der Waals surface area contributed by atoms with Crippen LogP contribution < -0.4 is 9.47 Å². The molecule has 0 unspecified atom stereocenters. The van der Waals surface area contributed by atoms with Gasteiger partial charge in [-0.1, -0.05) is 26.2 Å². The molecule has 0 amide bonds. The van der Waals surface area contributed by atoms with E-state index in [0.717, 1.165) is 23.4 Å². The number of unbranched alkanes of at least 4 members (excludes halogenated alkanes) is 3. The Kier molecular flexibility index (Phi) is 8.15. The Bertz CT molecular complexity index is 936. The SMILES string of the molecule is CCCCCCOc1ccc(C(=O)Oc2ccc(C=Nc3cccnc3)cc2)cc1. The van der Waals surface area contributed by atoms with Crippen molar-refractivity contribution >= 4 is 17.9 Å². The number of ether oxygens (including phenoxy) is 2. The topological polar surface area (TPSA) is 60.8 Å². The molecule has 0 N–H and O–H groups in total. The van der Waals surface area contributed by atoms with Gasteiger partial charge in [0.2, 0.25) is 0 Å². The lowest BCUT2D eigenvalue weighted by Gasteiger charge is -2.07. The van der Waals surface area contributed by atoms with Crippen LogP contribution in [0, 0.1) is 0 Å². The van der Waals surface area contributed by atoms with Crippen molar-refractivity contribution < 1.29 is 14.3 Å². The average Bonchev–Trinajstić information content (AvgIpc) is 2.79. The van der Waals surface area contributed by atoms with E-state index in [4.69, 9.17) is 9.47 Å². The Hall–Kier alpha value is -3.47. The number of benzene rings is 2. The van der Waals surface area contributed by atoms with Crippen molar-refractivity contribution in [3.63, 3.8) is 0 Å². The first-order chi connectivity index (χ1) is 14.7. The van der Waals surface area contributed by atoms with Crippen LogP contribution in [0.3, 0.4) is 0 Å². The van der Waals surface area contributed by atoms with E-state index >= 15 is 0 Å². The van der Waals surface area contributed by atoms with Crippen LogP contribution in [0.15, 0.2) is 78.0 Å². The van der Waals surface area contributed by atoms with E-state index in [9.17, 15) is 4.79 Å². The highest BCUT2D eigenvalue weighted by molar-refractivity contribution is 5.91. The molecule has 5 nitrogen and oxygen atoms in total. The Morgan fingerprint density at radius 1 is 0.967 bits per heavy atom. The predicted molar refractivity (Wildman–Crippen MR) is 119 cm³/mol. The van der Waals surface area contributed by atoms with Gasteiger partial charge in [0.05, 0.1) is 24.1 Å². The molecular formula is C25H26N2O3. The number of esters is 1. The van der Waals surface area contributed by atoms with E-state index in [1.54, 1.807) is 55.0 Å². The fraction of sp³-hybridized carbons (Fsp3) is 0.240. The number of carbonyl (C=O) groups is 1. The smallest absolute Gasteiger partial charge is 0.343 e. The third-order valence-corrected chi connectivity index (χ3v) is 4.46. The van der Waals surface area contributed by atoms with Crippen LogP contribution >= 0.6 is 0 Å². The number of aromatic nitrogens is 1. The quantitative estimate of drug-likeness (QED) is 0.180. The van der Waals surface area contributed by atoms with Gasteiger partial charge >= 0.3 is 5.97 Å². The summed E-state index contributed by atoms with van der Waals surface area (Å²) < 4.78 is 11.2. The summed E-state index contributed by atoms with van der Waals surface area (Å²) >= 11 is 0. The van der Waals surface area contributed by atoms with Crippen molar-refractivity contribution in [2.45, 2.75) is 32.6 Å². The van der Waals surface area contributed by atoms with Gasteiger partial charge in [-0.2, -0.15) is 0 Å². The van der Waals surface area contributed by atoms with Gasteiger partial charge in [0.15, 0.2) is 0 Å². The molecule has 0 radical (unpaired) electrons. The molecule has 2 aromatic carbocycles. The molecule has 0 bridgehead atoms. The van der Waals surface area contributed by atoms with Crippen molar-refractivity contribution in [3.8, 4) is 11.5 Å². The van der Waals surface area contributed by atoms with E-state index in [1.165, 1.54) is 19.3 Å². The minimum atomic E-state index is -0.402. The highest BCUT2D eigenvalue weighted by Crippen LogP contribution is 2.17. The largest absolute Gasteiger partial charge is 0.494 e. The molecule has 0 saturated heterocycles. The van der Waals surface area contributed by atoms with Crippen molar-refractivity contribution in [1.82, 2.24) is 4.98 Å². The van der Waals surface area contributed by atoms with Gasteiger partial charge in [-0.25, -0.2) is 4.79 Å². The Morgan fingerprint density at radius 2 is 1.73 bits per heavy atom. The highest BCUT2D eigenvalue weighted by atomic mass is 16.5. The molecule has 0 saturated carbocycles. The van der Waals surface area contributed by atoms with E-state index in [-0.39, 0.29) is 0 Å². The lowest BCUT2D eigenvalue weighted by atomic mass is 10.2. The maximum absolute atomic E-state index is 12.4. The zero-order chi connectivity index (χ0) is 21.0. The molecular weight excluding hydrogens is 376 g/mol. The molecule has 3 rings (SSSR count). The van der Waals surface area contributed by atoms with Crippen LogP contribution in [0.5, 0.6) is 11.5 Å². The summed E-state index contributed by atoms with van der Waals surface area (Å²) in [7, 11) is 0. The molecule has 0 fully saturated rings. The number of rotatable bonds is 10. The monoisotopic (exact) mass is 402 g/mol. The maximum Gasteiger partial charge on any atom is 0.343 e. The average molecular weight is 402 g/mol. The highest BCUT2D eigenvalue weighted by Gasteiger charge is 2.09. The van der Waals surface area contributed by atoms with Gasteiger partial charge in [-0.05, 0) is 72.6 Å². The third kappa shape index (κ3) is 6.85. The first kappa shape index (κ1) is 21.2. The van der Waals surface area contributed by atoms with Gasteiger partial charge in [-0.3, -0.25) is 9.98 Å². The van der Waals surface area contributed by atoms with E-state index in [0.29, 0.717) is 17.9 Å². The van der Waals surface area contributed by atoms with Crippen LogP contribution in [0.25, 0.3) is 0 Å². The van der Waals surface area contributed by atoms with Crippen LogP contribution in [-0.2, 0) is 0 Å². The second-order valence-electron chi connectivity index (χ2n) is 6.86. The summed E-state index contributed by atoms with van der Waals surface area (Å²) in [5, 5.41) is 0. The summed E-state index contributed by atoms with van der Waals surface area (Å²) in [5.74, 6) is 0.844. The molecule has 0 aliphatic rings. The molecule has 0 aliphatic carbocycles. The van der Waals surface area contributed by atoms with Gasteiger partial charge in [0.1, 0.15) is 11.5 Å². The Morgan fingerprint density at radius 3 is 2.43 bits per heavy atom. The summed E-state index contributed by atoms with van der Waals surface area (Å²) in [4.78, 5) is 20.7. The minimum Gasteiger partial charge on any atom is -0.494 e. The van der Waals surface area contributed by atoms with Gasteiger partial charge in [0, 0.05) is 12.4 Å². The van der Waals surface area contributed by atoms with E-state index in [1.807, 2.05) is 24.3 Å². The number of pyridine rings is 1. The van der Waals surface area contributed by atoms with E-state index < -0.39 is 5.97 Å². The number of carbonyl (C=O) groups excluding carboxylic acids is 1.